The quantitative estimate of drug-likeness (QED) is 0.325. The predicted molar refractivity (Wildman–Crippen MR) is 147 cm³/mol. The average Bonchev–Trinajstić information content (AvgIpc) is 3.44. The second kappa shape index (κ2) is 10.5. The van der Waals surface area contributed by atoms with Crippen molar-refractivity contribution in [1.29, 1.82) is 0 Å². The van der Waals surface area contributed by atoms with Gasteiger partial charge in [-0.3, -0.25) is 14.2 Å². The van der Waals surface area contributed by atoms with Crippen LogP contribution in [0.2, 0.25) is 0 Å². The number of nitrogens with zero attached hydrogens (tertiary/aromatic N) is 3. The van der Waals surface area contributed by atoms with Crippen LogP contribution in [0.3, 0.4) is 0 Å². The van der Waals surface area contributed by atoms with Gasteiger partial charge >= 0.3 is 5.97 Å². The number of nitrogens with one attached hydrogen (secondary N) is 1. The van der Waals surface area contributed by atoms with E-state index in [4.69, 9.17) is 9.72 Å². The Balaban J connectivity index is 1.47. The zero-order chi connectivity index (χ0) is 26.1. The summed E-state index contributed by atoms with van der Waals surface area (Å²) < 4.78 is 6.76. The highest BCUT2D eigenvalue weighted by Crippen LogP contribution is 2.35. The van der Waals surface area contributed by atoms with E-state index < -0.39 is 11.9 Å². The van der Waals surface area contributed by atoms with Gasteiger partial charge in [-0.25, -0.2) is 14.8 Å². The van der Waals surface area contributed by atoms with Crippen LogP contribution in [0.1, 0.15) is 52.5 Å². The number of carbonyl (C=O) groups is 2. The van der Waals surface area contributed by atoms with E-state index in [9.17, 15) is 14.4 Å². The summed E-state index contributed by atoms with van der Waals surface area (Å²) in [7, 11) is 0. The summed E-state index contributed by atoms with van der Waals surface area (Å²) in [5.74, 6) is -0.197. The molecule has 0 aliphatic heterocycles. The van der Waals surface area contributed by atoms with Crippen molar-refractivity contribution in [2.75, 3.05) is 11.9 Å². The van der Waals surface area contributed by atoms with Crippen LogP contribution in [0, 0.1) is 12.8 Å². The first-order chi connectivity index (χ1) is 17.8. The summed E-state index contributed by atoms with van der Waals surface area (Å²) in [6, 6.07) is 9.43. The summed E-state index contributed by atoms with van der Waals surface area (Å²) in [5.41, 5.74) is 2.13. The van der Waals surface area contributed by atoms with E-state index in [0.717, 1.165) is 53.0 Å². The zero-order valence-corrected chi connectivity index (χ0v) is 22.6. The van der Waals surface area contributed by atoms with Gasteiger partial charge in [0.05, 0.1) is 17.7 Å². The van der Waals surface area contributed by atoms with Crippen LogP contribution in [-0.4, -0.2) is 33.0 Å². The number of rotatable bonds is 7. The standard InChI is InChI=1S/C27H28N4O4S2/c1-15(2)14-35-26(34)22-16(3)28-27(37-22)29-20(32)13-31-23(17-9-5-4-6-10-17)30-24-21(25(31)33)18-11-7-8-12-19(18)36-24/h4-6,9-10,15H,7-8,11-14H2,1-3H3,(H,28,29,32). The Morgan fingerprint density at radius 2 is 1.86 bits per heavy atom. The number of fused-ring (bicyclic) bond motifs is 3. The van der Waals surface area contributed by atoms with E-state index in [-0.39, 0.29) is 23.2 Å². The Labute approximate surface area is 222 Å². The van der Waals surface area contributed by atoms with Gasteiger partial charge in [-0.2, -0.15) is 0 Å². The third-order valence-electron chi connectivity index (χ3n) is 6.18. The van der Waals surface area contributed by atoms with Crippen LogP contribution in [-0.2, 0) is 28.9 Å². The number of esters is 1. The first-order valence-corrected chi connectivity index (χ1v) is 14.0. The molecule has 0 saturated heterocycles. The summed E-state index contributed by atoms with van der Waals surface area (Å²) in [6.07, 6.45) is 3.98. The van der Waals surface area contributed by atoms with Crippen molar-refractivity contribution in [2.24, 2.45) is 5.92 Å². The monoisotopic (exact) mass is 536 g/mol. The summed E-state index contributed by atoms with van der Waals surface area (Å²) in [4.78, 5) is 50.8. The van der Waals surface area contributed by atoms with E-state index in [2.05, 4.69) is 10.3 Å². The lowest BCUT2D eigenvalue weighted by molar-refractivity contribution is -0.116. The topological polar surface area (TPSA) is 103 Å². The van der Waals surface area contributed by atoms with Crippen molar-refractivity contribution in [3.8, 4) is 11.4 Å². The van der Waals surface area contributed by atoms with Gasteiger partial charge in [-0.15, -0.1) is 11.3 Å². The van der Waals surface area contributed by atoms with Crippen molar-refractivity contribution in [3.05, 3.63) is 61.7 Å². The molecule has 3 aromatic heterocycles. The fraction of sp³-hybridized carbons (Fsp3) is 0.370. The van der Waals surface area contributed by atoms with Crippen molar-refractivity contribution >= 4 is 49.9 Å². The molecule has 1 aromatic carbocycles. The van der Waals surface area contributed by atoms with Gasteiger partial charge in [0, 0.05) is 10.4 Å². The lowest BCUT2D eigenvalue weighted by atomic mass is 9.97. The molecule has 1 N–H and O–H groups in total. The molecule has 0 radical (unpaired) electrons. The van der Waals surface area contributed by atoms with E-state index >= 15 is 0 Å². The van der Waals surface area contributed by atoms with Crippen molar-refractivity contribution in [3.63, 3.8) is 0 Å². The van der Waals surface area contributed by atoms with Crippen LogP contribution in [0.5, 0.6) is 0 Å². The number of aromatic nitrogens is 3. The van der Waals surface area contributed by atoms with Gasteiger partial charge in [0.15, 0.2) is 5.13 Å². The highest BCUT2D eigenvalue weighted by Gasteiger charge is 2.24. The predicted octanol–water partition coefficient (Wildman–Crippen LogP) is 5.22. The Kier molecular flexibility index (Phi) is 7.21. The molecule has 4 aromatic rings. The van der Waals surface area contributed by atoms with E-state index in [1.54, 1.807) is 18.3 Å². The Hall–Kier alpha value is -3.37. The molecule has 3 heterocycles. The Morgan fingerprint density at radius 3 is 2.62 bits per heavy atom. The van der Waals surface area contributed by atoms with Crippen LogP contribution in [0.15, 0.2) is 35.1 Å². The molecule has 1 aliphatic rings. The van der Waals surface area contributed by atoms with Gasteiger partial charge in [0.1, 0.15) is 22.1 Å². The molecule has 10 heteroatoms. The fourth-order valence-corrected chi connectivity index (χ4v) is 6.57. The molecule has 5 rings (SSSR count). The highest BCUT2D eigenvalue weighted by atomic mass is 32.1. The largest absolute Gasteiger partial charge is 0.461 e. The molecule has 8 nitrogen and oxygen atoms in total. The molecule has 1 amide bonds. The molecule has 192 valence electrons. The summed E-state index contributed by atoms with van der Waals surface area (Å²) >= 11 is 2.65. The molecule has 1 aliphatic carbocycles. The number of carbonyl (C=O) groups excluding carboxylic acids is 2. The second-order valence-corrected chi connectivity index (χ2v) is 11.6. The van der Waals surface area contributed by atoms with Crippen LogP contribution >= 0.6 is 22.7 Å². The third-order valence-corrected chi connectivity index (χ3v) is 8.42. The minimum Gasteiger partial charge on any atom is -0.461 e. The molecule has 0 fully saturated rings. The molecular formula is C27H28N4O4S2. The van der Waals surface area contributed by atoms with Gasteiger partial charge in [0.25, 0.3) is 5.56 Å². The Morgan fingerprint density at radius 1 is 1.11 bits per heavy atom. The van der Waals surface area contributed by atoms with Gasteiger partial charge < -0.3 is 10.1 Å². The first-order valence-electron chi connectivity index (χ1n) is 12.4. The summed E-state index contributed by atoms with van der Waals surface area (Å²) in [6.45, 7) is 5.71. The number of ether oxygens (including phenoxy) is 1. The second-order valence-electron chi connectivity index (χ2n) is 9.56. The van der Waals surface area contributed by atoms with Crippen LogP contribution in [0.25, 0.3) is 21.6 Å². The SMILES string of the molecule is Cc1nc(NC(=O)Cn2c(-c3ccccc3)nc3sc4c(c3c2=O)CCCC4)sc1C(=O)OCC(C)C. The normalized spacial score (nSPS) is 13.1. The molecule has 0 bridgehead atoms. The number of amides is 1. The van der Waals surface area contributed by atoms with Gasteiger partial charge in [-0.05, 0) is 44.1 Å². The minimum absolute atomic E-state index is 0.202. The van der Waals surface area contributed by atoms with Crippen LogP contribution in [0.4, 0.5) is 5.13 Å². The van der Waals surface area contributed by atoms with Crippen molar-refractivity contribution in [2.45, 2.75) is 53.0 Å². The van der Waals surface area contributed by atoms with Crippen LogP contribution < -0.4 is 10.9 Å². The number of hydrogen-bond acceptors (Lipinski definition) is 8. The summed E-state index contributed by atoms with van der Waals surface area (Å²) in [5, 5.41) is 3.68. The molecule has 0 unspecified atom stereocenters. The maximum Gasteiger partial charge on any atom is 0.350 e. The average molecular weight is 537 g/mol. The lowest BCUT2D eigenvalue weighted by Crippen LogP contribution is -2.30. The fourth-order valence-electron chi connectivity index (χ4n) is 4.44. The van der Waals surface area contributed by atoms with Crippen molar-refractivity contribution < 1.29 is 14.3 Å². The number of hydrogen-bond donors (Lipinski definition) is 1. The van der Waals surface area contributed by atoms with Gasteiger partial charge in [0.2, 0.25) is 5.91 Å². The molecule has 0 atom stereocenters. The highest BCUT2D eigenvalue weighted by molar-refractivity contribution is 7.19. The first kappa shape index (κ1) is 25.3. The zero-order valence-electron chi connectivity index (χ0n) is 21.0. The Bertz CT molecular complexity index is 1540. The third kappa shape index (κ3) is 5.21. The number of benzene rings is 1. The molecule has 37 heavy (non-hydrogen) atoms. The maximum absolute atomic E-state index is 13.8. The van der Waals surface area contributed by atoms with Crippen molar-refractivity contribution in [1.82, 2.24) is 14.5 Å². The molecule has 0 saturated carbocycles. The minimum atomic E-state index is -0.455. The number of thiophene rings is 1. The number of anilines is 1. The maximum atomic E-state index is 13.8. The van der Waals surface area contributed by atoms with E-state index in [1.807, 2.05) is 44.2 Å². The van der Waals surface area contributed by atoms with Gasteiger partial charge in [-0.1, -0.05) is 55.5 Å². The van der Waals surface area contributed by atoms with E-state index in [1.165, 1.54) is 9.44 Å². The smallest absolute Gasteiger partial charge is 0.350 e. The lowest BCUT2D eigenvalue weighted by Gasteiger charge is -2.13. The number of aryl methyl sites for hydroxylation is 3. The van der Waals surface area contributed by atoms with E-state index in [0.29, 0.717) is 28.4 Å². The molecular weight excluding hydrogens is 508 g/mol. The number of thiazole rings is 1. The molecule has 0 spiro atoms.